The van der Waals surface area contributed by atoms with Crippen LogP contribution in [0.3, 0.4) is 0 Å². The fourth-order valence-corrected chi connectivity index (χ4v) is 2.14. The average molecular weight is 318 g/mol. The van der Waals surface area contributed by atoms with Crippen molar-refractivity contribution in [3.63, 3.8) is 0 Å². The van der Waals surface area contributed by atoms with Gasteiger partial charge in [-0.05, 0) is 5.56 Å². The van der Waals surface area contributed by atoms with E-state index in [0.29, 0.717) is 13.2 Å². The molecule has 1 aromatic carbocycles. The lowest BCUT2D eigenvalue weighted by molar-refractivity contribution is -0.264. The van der Waals surface area contributed by atoms with E-state index in [2.05, 4.69) is 10.6 Å². The maximum Gasteiger partial charge on any atom is 0.423 e. The monoisotopic (exact) mass is 318 g/mol. The number of halogens is 3. The Balaban J connectivity index is 2.09. The number of amides is 1. The van der Waals surface area contributed by atoms with Crippen LogP contribution in [0.15, 0.2) is 30.3 Å². The minimum absolute atomic E-state index is 0.224. The number of aliphatic hydroxyl groups is 1. The second-order valence-corrected chi connectivity index (χ2v) is 5.01. The highest BCUT2D eigenvalue weighted by Gasteiger charge is 2.55. The Hall–Kier alpha value is -1.64. The van der Waals surface area contributed by atoms with Gasteiger partial charge in [-0.15, -0.1) is 0 Å². The Kier molecular flexibility index (Phi) is 5.05. The highest BCUT2D eigenvalue weighted by Crippen LogP contribution is 2.38. The van der Waals surface area contributed by atoms with E-state index in [4.69, 9.17) is 4.74 Å². The van der Waals surface area contributed by atoms with Crippen molar-refractivity contribution < 1.29 is 27.8 Å². The predicted octanol–water partition coefficient (Wildman–Crippen LogP) is 0.541. The van der Waals surface area contributed by atoms with Crippen LogP contribution in [0.1, 0.15) is 5.56 Å². The van der Waals surface area contributed by atoms with Crippen LogP contribution in [0.25, 0.3) is 0 Å². The molecule has 0 aromatic heterocycles. The third-order valence-corrected chi connectivity index (χ3v) is 3.46. The van der Waals surface area contributed by atoms with Crippen molar-refractivity contribution in [3.8, 4) is 0 Å². The highest BCUT2D eigenvalue weighted by molar-refractivity contribution is 5.81. The summed E-state index contributed by atoms with van der Waals surface area (Å²) in [5.74, 6) is -0.689. The Bertz CT molecular complexity index is 504. The number of benzene rings is 1. The average Bonchev–Trinajstić information content (AvgIpc) is 2.53. The van der Waals surface area contributed by atoms with Crippen molar-refractivity contribution in [3.05, 3.63) is 35.9 Å². The number of carbonyl (C=O) groups is 1. The number of hydrogen-bond donors (Lipinski definition) is 3. The third kappa shape index (κ3) is 3.57. The van der Waals surface area contributed by atoms with Crippen LogP contribution in [0.4, 0.5) is 13.2 Å². The van der Waals surface area contributed by atoms with Crippen LogP contribution in [-0.4, -0.2) is 49.5 Å². The van der Waals surface area contributed by atoms with E-state index in [1.165, 1.54) is 12.1 Å². The number of nitrogens with one attached hydrogen (secondary N) is 2. The molecule has 3 N–H and O–H groups in total. The Morgan fingerprint density at radius 2 is 2.05 bits per heavy atom. The number of hydrogen-bond acceptors (Lipinski definition) is 4. The minimum Gasteiger partial charge on any atom is -0.375 e. The van der Waals surface area contributed by atoms with Crippen molar-refractivity contribution in [1.29, 1.82) is 0 Å². The number of alkyl halides is 3. The van der Waals surface area contributed by atoms with Crippen LogP contribution >= 0.6 is 0 Å². The molecule has 1 saturated heterocycles. The van der Waals surface area contributed by atoms with E-state index in [-0.39, 0.29) is 12.1 Å². The second-order valence-electron chi connectivity index (χ2n) is 5.01. The lowest BCUT2D eigenvalue weighted by Gasteiger charge is -2.32. The number of morpholine rings is 1. The van der Waals surface area contributed by atoms with Gasteiger partial charge in [0, 0.05) is 13.1 Å². The zero-order chi connectivity index (χ0) is 16.2. The lowest BCUT2D eigenvalue weighted by atomic mass is 9.93. The number of carbonyl (C=O) groups excluding carboxylic acids is 1. The number of ether oxygens (including phenoxy) is 1. The first-order valence-corrected chi connectivity index (χ1v) is 6.79. The van der Waals surface area contributed by atoms with Gasteiger partial charge in [0.25, 0.3) is 5.91 Å². The summed E-state index contributed by atoms with van der Waals surface area (Å²) in [6.07, 6.45) is -5.78. The fraction of sp³-hybridized carbons (Fsp3) is 0.500. The zero-order valence-corrected chi connectivity index (χ0v) is 11.7. The molecule has 0 aliphatic carbocycles. The third-order valence-electron chi connectivity index (χ3n) is 3.46. The van der Waals surface area contributed by atoms with Gasteiger partial charge in [0.15, 0.2) is 0 Å². The Morgan fingerprint density at radius 1 is 1.36 bits per heavy atom. The van der Waals surface area contributed by atoms with Crippen molar-refractivity contribution in [2.45, 2.75) is 17.9 Å². The summed E-state index contributed by atoms with van der Waals surface area (Å²) in [6, 6.07) is 6.65. The molecule has 1 aliphatic rings. The maximum atomic E-state index is 13.2. The molecule has 1 amide bonds. The van der Waals surface area contributed by atoms with E-state index >= 15 is 0 Å². The van der Waals surface area contributed by atoms with Crippen LogP contribution in [0.5, 0.6) is 0 Å². The van der Waals surface area contributed by atoms with Crippen LogP contribution in [0.2, 0.25) is 0 Å². The first kappa shape index (κ1) is 16.7. The van der Waals surface area contributed by atoms with Crippen molar-refractivity contribution >= 4 is 5.91 Å². The maximum absolute atomic E-state index is 13.2. The molecule has 5 nitrogen and oxygen atoms in total. The molecule has 2 atom stereocenters. The first-order chi connectivity index (χ1) is 10.3. The Morgan fingerprint density at radius 3 is 2.59 bits per heavy atom. The van der Waals surface area contributed by atoms with Crippen molar-refractivity contribution in [2.75, 3.05) is 26.2 Å². The summed E-state index contributed by atoms with van der Waals surface area (Å²) in [4.78, 5) is 11.8. The summed E-state index contributed by atoms with van der Waals surface area (Å²) in [7, 11) is 0. The van der Waals surface area contributed by atoms with Crippen LogP contribution in [-0.2, 0) is 15.1 Å². The van der Waals surface area contributed by atoms with E-state index in [0.717, 1.165) is 12.1 Å². The molecule has 1 heterocycles. The van der Waals surface area contributed by atoms with Gasteiger partial charge in [-0.3, -0.25) is 4.79 Å². The molecule has 0 spiro atoms. The van der Waals surface area contributed by atoms with E-state index in [1.54, 1.807) is 6.07 Å². The molecule has 0 radical (unpaired) electrons. The molecule has 2 unspecified atom stereocenters. The SMILES string of the molecule is O=C(NCC(O)(c1ccccc1)C(F)(F)F)C1CNCCO1. The molecule has 0 bridgehead atoms. The normalized spacial score (nSPS) is 21.9. The van der Waals surface area contributed by atoms with Gasteiger partial charge in [0.2, 0.25) is 5.60 Å². The fourth-order valence-electron chi connectivity index (χ4n) is 2.14. The number of rotatable bonds is 4. The summed E-state index contributed by atoms with van der Waals surface area (Å²) in [5.41, 5.74) is -3.48. The van der Waals surface area contributed by atoms with Crippen LogP contribution < -0.4 is 10.6 Å². The van der Waals surface area contributed by atoms with Gasteiger partial charge in [-0.1, -0.05) is 30.3 Å². The summed E-state index contributed by atoms with van der Waals surface area (Å²) < 4.78 is 44.9. The molecule has 2 rings (SSSR count). The zero-order valence-electron chi connectivity index (χ0n) is 11.7. The summed E-state index contributed by atoms with van der Waals surface area (Å²) in [5, 5.41) is 15.1. The molecule has 0 saturated carbocycles. The van der Waals surface area contributed by atoms with Gasteiger partial charge in [-0.2, -0.15) is 13.2 Å². The van der Waals surface area contributed by atoms with E-state index in [1.807, 2.05) is 0 Å². The first-order valence-electron chi connectivity index (χ1n) is 6.79. The quantitative estimate of drug-likeness (QED) is 0.758. The molecule has 122 valence electrons. The Labute approximate surface area is 125 Å². The molecule has 1 aliphatic heterocycles. The molecule has 8 heteroatoms. The summed E-state index contributed by atoms with van der Waals surface area (Å²) in [6.45, 7) is 0.140. The van der Waals surface area contributed by atoms with Gasteiger partial charge in [-0.25, -0.2) is 0 Å². The van der Waals surface area contributed by atoms with E-state index in [9.17, 15) is 23.1 Å². The molecular weight excluding hydrogens is 301 g/mol. The van der Waals surface area contributed by atoms with E-state index < -0.39 is 30.3 Å². The van der Waals surface area contributed by atoms with Gasteiger partial charge >= 0.3 is 6.18 Å². The molecule has 1 fully saturated rings. The topological polar surface area (TPSA) is 70.6 Å². The van der Waals surface area contributed by atoms with Crippen molar-refractivity contribution in [2.24, 2.45) is 0 Å². The molecular formula is C14H17F3N2O3. The smallest absolute Gasteiger partial charge is 0.375 e. The minimum atomic E-state index is -4.92. The van der Waals surface area contributed by atoms with Crippen LogP contribution in [0, 0.1) is 0 Å². The predicted molar refractivity (Wildman–Crippen MR) is 72.0 cm³/mol. The van der Waals surface area contributed by atoms with Gasteiger partial charge in [0.1, 0.15) is 6.10 Å². The summed E-state index contributed by atoms with van der Waals surface area (Å²) >= 11 is 0. The highest BCUT2D eigenvalue weighted by atomic mass is 19.4. The molecule has 22 heavy (non-hydrogen) atoms. The standard InChI is InChI=1S/C14H17F3N2O3/c15-14(16,17)13(21,10-4-2-1-3-5-10)9-19-12(20)11-8-18-6-7-22-11/h1-5,11,18,21H,6-9H2,(H,19,20). The molecule has 1 aromatic rings. The second kappa shape index (κ2) is 6.64. The largest absolute Gasteiger partial charge is 0.423 e. The van der Waals surface area contributed by atoms with Gasteiger partial charge in [0.05, 0.1) is 13.2 Å². The van der Waals surface area contributed by atoms with Gasteiger partial charge < -0.3 is 20.5 Å². The van der Waals surface area contributed by atoms with Crippen molar-refractivity contribution in [1.82, 2.24) is 10.6 Å². The lowest BCUT2D eigenvalue weighted by Crippen LogP contribution is -2.54.